The number of rotatable bonds is 8. The minimum atomic E-state index is -0.489. The molecule has 0 unspecified atom stereocenters. The Morgan fingerprint density at radius 1 is 1.07 bits per heavy atom. The minimum absolute atomic E-state index is 0.100. The molecule has 2 N–H and O–H groups in total. The Balaban J connectivity index is 1.95. The monoisotopic (exact) mass is 387 g/mol. The molecule has 2 amide bonds. The molecule has 0 fully saturated rings. The van der Waals surface area contributed by atoms with Gasteiger partial charge < -0.3 is 15.4 Å². The number of hydrogen-bond donors (Lipinski definition) is 2. The predicted molar refractivity (Wildman–Crippen MR) is 111 cm³/mol. The molecule has 144 valence electrons. The van der Waals surface area contributed by atoms with Gasteiger partial charge in [-0.05, 0) is 44.5 Å². The molecule has 1 atom stereocenters. The van der Waals surface area contributed by atoms with Crippen LogP contribution in [0.2, 0.25) is 0 Å². The van der Waals surface area contributed by atoms with Crippen LogP contribution in [-0.2, 0) is 9.59 Å². The van der Waals surface area contributed by atoms with E-state index in [9.17, 15) is 9.59 Å². The number of carbonyl (C=O) groups is 2. The molecule has 0 spiro atoms. The first kappa shape index (κ1) is 20.8. The zero-order chi connectivity index (χ0) is 19.8. The van der Waals surface area contributed by atoms with E-state index in [0.29, 0.717) is 11.4 Å². The van der Waals surface area contributed by atoms with Crippen molar-refractivity contribution in [3.63, 3.8) is 0 Å². The van der Waals surface area contributed by atoms with Crippen LogP contribution in [0.15, 0.2) is 53.4 Å². The van der Waals surface area contributed by atoms with Crippen molar-refractivity contribution in [2.45, 2.75) is 17.9 Å². The fourth-order valence-corrected chi connectivity index (χ4v) is 3.04. The number of benzene rings is 2. The van der Waals surface area contributed by atoms with Crippen molar-refractivity contribution in [3.05, 3.63) is 48.5 Å². The van der Waals surface area contributed by atoms with Crippen LogP contribution in [-0.4, -0.2) is 49.7 Å². The van der Waals surface area contributed by atoms with Crippen molar-refractivity contribution in [1.29, 1.82) is 0 Å². The smallest absolute Gasteiger partial charge is 0.241 e. The third-order valence-electron chi connectivity index (χ3n) is 4.18. The van der Waals surface area contributed by atoms with Gasteiger partial charge in [-0.15, -0.1) is 11.8 Å². The molecule has 0 saturated heterocycles. The molecule has 0 bridgehead atoms. The summed E-state index contributed by atoms with van der Waals surface area (Å²) in [6, 6.07) is 14.3. The summed E-state index contributed by atoms with van der Waals surface area (Å²) in [5, 5.41) is 5.74. The lowest BCUT2D eigenvalue weighted by atomic mass is 10.2. The van der Waals surface area contributed by atoms with Crippen LogP contribution in [0.5, 0.6) is 5.75 Å². The van der Waals surface area contributed by atoms with Gasteiger partial charge in [-0.1, -0.05) is 24.3 Å². The maximum atomic E-state index is 12.5. The number of nitrogens with one attached hydrogen (secondary N) is 2. The second kappa shape index (κ2) is 9.99. The van der Waals surface area contributed by atoms with Gasteiger partial charge in [0.25, 0.3) is 0 Å². The van der Waals surface area contributed by atoms with Crippen LogP contribution in [0.3, 0.4) is 0 Å². The molecule has 0 saturated carbocycles. The minimum Gasteiger partial charge on any atom is -0.495 e. The maximum absolute atomic E-state index is 12.5. The van der Waals surface area contributed by atoms with Gasteiger partial charge >= 0.3 is 0 Å². The summed E-state index contributed by atoms with van der Waals surface area (Å²) in [6.07, 6.45) is 1.96. The van der Waals surface area contributed by atoms with Gasteiger partial charge in [0, 0.05) is 4.90 Å². The number of para-hydroxylation sites is 3. The van der Waals surface area contributed by atoms with Crippen molar-refractivity contribution in [2.24, 2.45) is 0 Å². The summed E-state index contributed by atoms with van der Waals surface area (Å²) in [5.41, 5.74) is 1.37. The standard InChI is InChI=1S/C20H25N3O3S/c1-14(20(25)22-15-9-5-7-11-17(15)26-3)23(2)13-19(24)21-16-10-6-8-12-18(16)27-4/h5-12,14H,13H2,1-4H3,(H,21,24)(H,22,25)/t14-/m0/s1. The normalized spacial score (nSPS) is 11.7. The zero-order valence-corrected chi connectivity index (χ0v) is 16.8. The number of carbonyl (C=O) groups excluding carboxylic acids is 2. The third-order valence-corrected chi connectivity index (χ3v) is 4.98. The van der Waals surface area contributed by atoms with Crippen molar-refractivity contribution in [3.8, 4) is 5.75 Å². The van der Waals surface area contributed by atoms with E-state index in [0.717, 1.165) is 10.6 Å². The Hall–Kier alpha value is -2.51. The molecule has 0 aliphatic rings. The number of thioether (sulfide) groups is 1. The van der Waals surface area contributed by atoms with E-state index in [4.69, 9.17) is 4.74 Å². The Kier molecular flexibility index (Phi) is 7.69. The third kappa shape index (κ3) is 5.74. The van der Waals surface area contributed by atoms with E-state index in [1.807, 2.05) is 42.7 Å². The Morgan fingerprint density at radius 2 is 1.70 bits per heavy atom. The van der Waals surface area contributed by atoms with Crippen LogP contribution in [0.25, 0.3) is 0 Å². The highest BCUT2D eigenvalue weighted by Crippen LogP contribution is 2.25. The summed E-state index contributed by atoms with van der Waals surface area (Å²) < 4.78 is 5.24. The van der Waals surface area contributed by atoms with E-state index in [2.05, 4.69) is 10.6 Å². The topological polar surface area (TPSA) is 70.7 Å². The van der Waals surface area contributed by atoms with E-state index in [-0.39, 0.29) is 18.4 Å². The van der Waals surface area contributed by atoms with Crippen LogP contribution in [0, 0.1) is 0 Å². The van der Waals surface area contributed by atoms with Gasteiger partial charge in [0.05, 0.1) is 31.1 Å². The van der Waals surface area contributed by atoms with E-state index >= 15 is 0 Å². The molecule has 0 heterocycles. The van der Waals surface area contributed by atoms with Crippen molar-refractivity contribution >= 4 is 35.0 Å². The van der Waals surface area contributed by atoms with Crippen molar-refractivity contribution in [2.75, 3.05) is 37.6 Å². The van der Waals surface area contributed by atoms with E-state index in [1.54, 1.807) is 49.9 Å². The van der Waals surface area contributed by atoms with Crippen LogP contribution in [0.4, 0.5) is 11.4 Å². The van der Waals surface area contributed by atoms with Crippen molar-refractivity contribution < 1.29 is 14.3 Å². The molecule has 0 aliphatic carbocycles. The molecule has 7 heteroatoms. The number of hydrogen-bond acceptors (Lipinski definition) is 5. The first-order valence-electron chi connectivity index (χ1n) is 8.53. The average molecular weight is 388 g/mol. The zero-order valence-electron chi connectivity index (χ0n) is 16.0. The molecule has 0 aromatic heterocycles. The fourth-order valence-electron chi connectivity index (χ4n) is 2.49. The second-order valence-corrected chi connectivity index (χ2v) is 6.88. The van der Waals surface area contributed by atoms with Gasteiger partial charge in [-0.2, -0.15) is 0 Å². The lowest BCUT2D eigenvalue weighted by Gasteiger charge is -2.24. The highest BCUT2D eigenvalue weighted by atomic mass is 32.2. The van der Waals surface area contributed by atoms with Gasteiger partial charge in [-0.3, -0.25) is 14.5 Å². The highest BCUT2D eigenvalue weighted by Gasteiger charge is 2.21. The van der Waals surface area contributed by atoms with Gasteiger partial charge in [0.1, 0.15) is 5.75 Å². The molecule has 0 radical (unpaired) electrons. The molecular weight excluding hydrogens is 362 g/mol. The van der Waals surface area contributed by atoms with E-state index < -0.39 is 6.04 Å². The molecule has 27 heavy (non-hydrogen) atoms. The van der Waals surface area contributed by atoms with Gasteiger partial charge in [0.2, 0.25) is 11.8 Å². The lowest BCUT2D eigenvalue weighted by Crippen LogP contribution is -2.43. The molecule has 2 aromatic carbocycles. The van der Waals surface area contributed by atoms with Gasteiger partial charge in [-0.25, -0.2) is 0 Å². The second-order valence-electron chi connectivity index (χ2n) is 6.03. The number of ether oxygens (including phenoxy) is 1. The molecule has 0 aliphatic heterocycles. The molecule has 2 aromatic rings. The Bertz CT molecular complexity index is 798. The quantitative estimate of drug-likeness (QED) is 0.680. The summed E-state index contributed by atoms with van der Waals surface area (Å²) in [7, 11) is 3.30. The summed E-state index contributed by atoms with van der Waals surface area (Å²) in [5.74, 6) is 0.211. The number of anilines is 2. The van der Waals surface area contributed by atoms with E-state index in [1.165, 1.54) is 0 Å². The Morgan fingerprint density at radius 3 is 2.37 bits per heavy atom. The molecular formula is C20H25N3O3S. The predicted octanol–water partition coefficient (Wildman–Crippen LogP) is 3.31. The summed E-state index contributed by atoms with van der Waals surface area (Å²) >= 11 is 1.57. The summed E-state index contributed by atoms with van der Waals surface area (Å²) in [6.45, 7) is 1.86. The highest BCUT2D eigenvalue weighted by molar-refractivity contribution is 7.98. The largest absolute Gasteiger partial charge is 0.495 e. The number of nitrogens with zero attached hydrogens (tertiary/aromatic N) is 1. The van der Waals surface area contributed by atoms with Gasteiger partial charge in [0.15, 0.2) is 0 Å². The SMILES string of the molecule is COc1ccccc1NC(=O)[C@H](C)N(C)CC(=O)Nc1ccccc1SC. The molecule has 2 rings (SSSR count). The van der Waals surface area contributed by atoms with Crippen LogP contribution in [0.1, 0.15) is 6.92 Å². The Labute approximate surface area is 164 Å². The number of likely N-dealkylation sites (N-methyl/N-ethyl adjacent to an activating group) is 1. The van der Waals surface area contributed by atoms with Crippen LogP contribution < -0.4 is 15.4 Å². The number of methoxy groups -OCH3 is 1. The van der Waals surface area contributed by atoms with Crippen LogP contribution >= 0.6 is 11.8 Å². The fraction of sp³-hybridized carbons (Fsp3) is 0.300. The first-order valence-corrected chi connectivity index (χ1v) is 9.75. The maximum Gasteiger partial charge on any atom is 0.241 e. The number of amides is 2. The average Bonchev–Trinajstić information content (AvgIpc) is 2.68. The molecule has 6 nitrogen and oxygen atoms in total. The first-order chi connectivity index (χ1) is 13.0. The van der Waals surface area contributed by atoms with Crippen molar-refractivity contribution in [1.82, 2.24) is 4.90 Å². The lowest BCUT2D eigenvalue weighted by molar-refractivity contribution is -0.122. The summed E-state index contributed by atoms with van der Waals surface area (Å²) in [4.78, 5) is 27.6.